The molecule has 1 atom stereocenters. The molecule has 202 valence electrons. The van der Waals surface area contributed by atoms with Crippen molar-refractivity contribution in [3.8, 4) is 11.5 Å². The number of sulfonamides is 1. The standard InChI is InChI=1S/C27H37N3O6S/c1-5-7-14-28-27(32)23(6-2)29(18-21-10-8-20(3)9-11-21)26(31)19-30(37(4,33)34)22-12-13-24-25(17-22)36-16-15-35-24/h8-13,17,23H,5-7,14-16,18-19H2,1-4H3,(H,28,32)/t23-/m0/s1. The first-order chi connectivity index (χ1) is 17.6. The van der Waals surface area contributed by atoms with E-state index in [0.717, 1.165) is 34.5 Å². The molecule has 2 aromatic carbocycles. The molecule has 10 heteroatoms. The van der Waals surface area contributed by atoms with Crippen molar-refractivity contribution in [1.29, 1.82) is 0 Å². The van der Waals surface area contributed by atoms with Gasteiger partial charge in [-0.2, -0.15) is 0 Å². The predicted molar refractivity (Wildman–Crippen MR) is 143 cm³/mol. The smallest absolute Gasteiger partial charge is 0.244 e. The summed E-state index contributed by atoms with van der Waals surface area (Å²) in [5.41, 5.74) is 2.22. The minimum Gasteiger partial charge on any atom is -0.486 e. The van der Waals surface area contributed by atoms with E-state index in [2.05, 4.69) is 5.32 Å². The summed E-state index contributed by atoms with van der Waals surface area (Å²) >= 11 is 0. The van der Waals surface area contributed by atoms with Gasteiger partial charge in [-0.1, -0.05) is 50.1 Å². The van der Waals surface area contributed by atoms with Gasteiger partial charge in [-0.05, 0) is 37.5 Å². The number of rotatable bonds is 12. The molecule has 0 fully saturated rings. The summed E-state index contributed by atoms with van der Waals surface area (Å²) < 4.78 is 37.8. The molecule has 0 saturated carbocycles. The molecular formula is C27H37N3O6S. The molecule has 0 spiro atoms. The molecule has 1 N–H and O–H groups in total. The lowest BCUT2D eigenvalue weighted by Crippen LogP contribution is -2.52. The number of fused-ring (bicyclic) bond motifs is 1. The molecule has 0 radical (unpaired) electrons. The lowest BCUT2D eigenvalue weighted by atomic mass is 10.1. The minimum atomic E-state index is -3.83. The van der Waals surface area contributed by atoms with Crippen molar-refractivity contribution in [2.24, 2.45) is 0 Å². The second-order valence-corrected chi connectivity index (χ2v) is 11.1. The summed E-state index contributed by atoms with van der Waals surface area (Å²) in [5.74, 6) is 0.216. The molecule has 1 aliphatic rings. The third-order valence-corrected chi connectivity index (χ3v) is 7.32. The van der Waals surface area contributed by atoms with E-state index in [1.807, 2.05) is 45.0 Å². The fourth-order valence-corrected chi connectivity index (χ4v) is 4.96. The van der Waals surface area contributed by atoms with E-state index < -0.39 is 28.5 Å². The maximum atomic E-state index is 13.8. The van der Waals surface area contributed by atoms with Crippen LogP contribution in [-0.4, -0.2) is 63.7 Å². The Morgan fingerprint density at radius 1 is 1.03 bits per heavy atom. The second-order valence-electron chi connectivity index (χ2n) is 9.17. The SMILES string of the molecule is CCCCNC(=O)[C@H](CC)N(Cc1ccc(C)cc1)C(=O)CN(c1ccc2c(c1)OCCO2)S(C)(=O)=O. The van der Waals surface area contributed by atoms with Crippen LogP contribution in [-0.2, 0) is 26.2 Å². The monoisotopic (exact) mass is 531 g/mol. The summed E-state index contributed by atoms with van der Waals surface area (Å²) in [5, 5.41) is 2.92. The number of carbonyl (C=O) groups is 2. The first-order valence-corrected chi connectivity index (χ1v) is 14.5. The fraction of sp³-hybridized carbons (Fsp3) is 0.481. The number of benzene rings is 2. The van der Waals surface area contributed by atoms with Crippen LogP contribution in [0.5, 0.6) is 11.5 Å². The summed E-state index contributed by atoms with van der Waals surface area (Å²) in [4.78, 5) is 28.3. The normalized spacial score (nSPS) is 13.5. The van der Waals surface area contributed by atoms with Gasteiger partial charge in [0.2, 0.25) is 21.8 Å². The molecule has 0 saturated heterocycles. The van der Waals surface area contributed by atoms with Crippen molar-refractivity contribution in [2.45, 2.75) is 52.6 Å². The molecule has 1 aliphatic heterocycles. The summed E-state index contributed by atoms with van der Waals surface area (Å²) in [6.45, 7) is 6.85. The highest BCUT2D eigenvalue weighted by molar-refractivity contribution is 7.92. The van der Waals surface area contributed by atoms with Crippen LogP contribution in [0.25, 0.3) is 0 Å². The average Bonchev–Trinajstić information content (AvgIpc) is 2.87. The van der Waals surface area contributed by atoms with E-state index in [4.69, 9.17) is 9.47 Å². The lowest BCUT2D eigenvalue weighted by Gasteiger charge is -2.33. The van der Waals surface area contributed by atoms with Crippen LogP contribution in [0.3, 0.4) is 0 Å². The van der Waals surface area contributed by atoms with E-state index >= 15 is 0 Å². The molecule has 0 aliphatic carbocycles. The van der Waals surface area contributed by atoms with Gasteiger partial charge < -0.3 is 19.7 Å². The number of unbranched alkanes of at least 4 members (excludes halogenated alkanes) is 1. The Balaban J connectivity index is 1.92. The Labute approximate surface area is 219 Å². The molecular weight excluding hydrogens is 494 g/mol. The van der Waals surface area contributed by atoms with Crippen molar-refractivity contribution >= 4 is 27.5 Å². The van der Waals surface area contributed by atoms with Crippen LogP contribution in [0.4, 0.5) is 5.69 Å². The van der Waals surface area contributed by atoms with Crippen LogP contribution < -0.4 is 19.1 Å². The highest BCUT2D eigenvalue weighted by atomic mass is 32.2. The quantitative estimate of drug-likeness (QED) is 0.422. The molecule has 0 aromatic heterocycles. The van der Waals surface area contributed by atoms with Crippen molar-refractivity contribution < 1.29 is 27.5 Å². The maximum Gasteiger partial charge on any atom is 0.244 e. The van der Waals surface area contributed by atoms with Gasteiger partial charge in [-0.3, -0.25) is 13.9 Å². The average molecular weight is 532 g/mol. The zero-order chi connectivity index (χ0) is 27.0. The van der Waals surface area contributed by atoms with Gasteiger partial charge in [0.1, 0.15) is 25.8 Å². The van der Waals surface area contributed by atoms with E-state index in [1.165, 1.54) is 4.90 Å². The highest BCUT2D eigenvalue weighted by Gasteiger charge is 2.32. The lowest BCUT2D eigenvalue weighted by molar-refractivity contribution is -0.140. The number of aryl methyl sites for hydroxylation is 1. The molecule has 1 heterocycles. The van der Waals surface area contributed by atoms with E-state index in [1.54, 1.807) is 18.2 Å². The first kappa shape index (κ1) is 28.3. The number of amides is 2. The van der Waals surface area contributed by atoms with Gasteiger partial charge in [0, 0.05) is 19.2 Å². The summed E-state index contributed by atoms with van der Waals surface area (Å²) in [6.07, 6.45) is 3.20. The number of nitrogens with one attached hydrogen (secondary N) is 1. The maximum absolute atomic E-state index is 13.8. The number of carbonyl (C=O) groups excluding carboxylic acids is 2. The summed E-state index contributed by atoms with van der Waals surface area (Å²) in [6, 6.07) is 11.7. The topological polar surface area (TPSA) is 105 Å². The Bertz CT molecular complexity index is 1180. The number of hydrogen-bond acceptors (Lipinski definition) is 6. The van der Waals surface area contributed by atoms with Crippen LogP contribution in [0, 0.1) is 6.92 Å². The van der Waals surface area contributed by atoms with E-state index in [-0.39, 0.29) is 18.1 Å². The molecule has 2 amide bonds. The van der Waals surface area contributed by atoms with Crippen molar-refractivity contribution in [3.05, 3.63) is 53.6 Å². The third kappa shape index (κ3) is 7.61. The van der Waals surface area contributed by atoms with Crippen molar-refractivity contribution in [3.63, 3.8) is 0 Å². The van der Waals surface area contributed by atoms with Crippen LogP contribution >= 0.6 is 0 Å². The largest absolute Gasteiger partial charge is 0.486 e. The fourth-order valence-electron chi connectivity index (χ4n) is 4.12. The Morgan fingerprint density at radius 2 is 1.70 bits per heavy atom. The Kier molecular flexibility index (Phi) is 9.79. The molecule has 2 aromatic rings. The highest BCUT2D eigenvalue weighted by Crippen LogP contribution is 2.34. The zero-order valence-electron chi connectivity index (χ0n) is 22.0. The number of ether oxygens (including phenoxy) is 2. The van der Waals surface area contributed by atoms with Gasteiger partial charge in [0.25, 0.3) is 0 Å². The molecule has 9 nitrogen and oxygen atoms in total. The zero-order valence-corrected chi connectivity index (χ0v) is 22.8. The minimum absolute atomic E-state index is 0.178. The van der Waals surface area contributed by atoms with Gasteiger partial charge in [0.05, 0.1) is 11.9 Å². The van der Waals surface area contributed by atoms with E-state index in [0.29, 0.717) is 37.7 Å². The molecule has 0 unspecified atom stereocenters. The first-order valence-electron chi connectivity index (χ1n) is 12.6. The Hall–Kier alpha value is -3.27. The van der Waals surface area contributed by atoms with Crippen LogP contribution in [0.1, 0.15) is 44.2 Å². The van der Waals surface area contributed by atoms with Crippen molar-refractivity contribution in [2.75, 3.05) is 36.9 Å². The Morgan fingerprint density at radius 3 is 2.32 bits per heavy atom. The third-order valence-electron chi connectivity index (χ3n) is 6.18. The number of anilines is 1. The van der Waals surface area contributed by atoms with Crippen LogP contribution in [0.2, 0.25) is 0 Å². The van der Waals surface area contributed by atoms with Gasteiger partial charge >= 0.3 is 0 Å². The van der Waals surface area contributed by atoms with Gasteiger partial charge in [-0.15, -0.1) is 0 Å². The molecule has 0 bridgehead atoms. The van der Waals surface area contributed by atoms with Gasteiger partial charge in [-0.25, -0.2) is 8.42 Å². The predicted octanol–water partition coefficient (Wildman–Crippen LogP) is 3.26. The second kappa shape index (κ2) is 12.8. The van der Waals surface area contributed by atoms with Gasteiger partial charge in [0.15, 0.2) is 11.5 Å². The summed E-state index contributed by atoms with van der Waals surface area (Å²) in [7, 11) is -3.83. The molecule has 37 heavy (non-hydrogen) atoms. The molecule has 3 rings (SSSR count). The van der Waals surface area contributed by atoms with Crippen LogP contribution in [0.15, 0.2) is 42.5 Å². The number of hydrogen-bond donors (Lipinski definition) is 1. The number of nitrogens with zero attached hydrogens (tertiary/aromatic N) is 2. The van der Waals surface area contributed by atoms with E-state index in [9.17, 15) is 18.0 Å². The van der Waals surface area contributed by atoms with Crippen molar-refractivity contribution in [1.82, 2.24) is 10.2 Å².